The molecule has 0 saturated heterocycles. The molecular weight excluding hydrogens is 188 g/mol. The predicted molar refractivity (Wildman–Crippen MR) is 58.8 cm³/mol. The molecule has 0 aromatic carbocycles. The van der Waals surface area contributed by atoms with Crippen LogP contribution in [0.3, 0.4) is 0 Å². The van der Waals surface area contributed by atoms with E-state index in [4.69, 9.17) is 0 Å². The highest BCUT2D eigenvalue weighted by molar-refractivity contribution is 5.66. The van der Waals surface area contributed by atoms with Crippen LogP contribution in [0.25, 0.3) is 5.52 Å². The van der Waals surface area contributed by atoms with Crippen LogP contribution in [0.4, 0.5) is 5.82 Å². The molecule has 1 aliphatic carbocycles. The van der Waals surface area contributed by atoms with Crippen molar-refractivity contribution in [3.63, 3.8) is 0 Å². The highest BCUT2D eigenvalue weighted by Gasteiger charge is 2.20. The largest absolute Gasteiger partial charge is 0.368 e. The van der Waals surface area contributed by atoms with Gasteiger partial charge in [0.05, 0.1) is 6.20 Å². The van der Waals surface area contributed by atoms with Gasteiger partial charge in [-0.05, 0) is 18.4 Å². The summed E-state index contributed by atoms with van der Waals surface area (Å²) in [7, 11) is 0. The van der Waals surface area contributed by atoms with Crippen LogP contribution in [0.5, 0.6) is 0 Å². The molecule has 0 amide bonds. The van der Waals surface area contributed by atoms with Gasteiger partial charge in [-0.25, -0.2) is 9.50 Å². The second-order valence-corrected chi connectivity index (χ2v) is 4.10. The van der Waals surface area contributed by atoms with E-state index in [1.807, 2.05) is 16.8 Å². The maximum atomic E-state index is 4.32. The topological polar surface area (TPSA) is 42.2 Å². The van der Waals surface area contributed by atoms with Crippen molar-refractivity contribution in [3.8, 4) is 0 Å². The molecule has 2 heterocycles. The average Bonchev–Trinajstić information content (AvgIpc) is 2.95. The summed E-state index contributed by atoms with van der Waals surface area (Å²) >= 11 is 0. The van der Waals surface area contributed by atoms with Crippen LogP contribution in [-0.2, 0) is 0 Å². The van der Waals surface area contributed by atoms with Gasteiger partial charge in [0.25, 0.3) is 0 Å². The summed E-state index contributed by atoms with van der Waals surface area (Å²) in [6, 6.07) is 1.98. The van der Waals surface area contributed by atoms with Gasteiger partial charge in [-0.1, -0.05) is 12.8 Å². The smallest absolute Gasteiger partial charge is 0.152 e. The lowest BCUT2D eigenvalue weighted by molar-refractivity contribution is 0.758. The van der Waals surface area contributed by atoms with Gasteiger partial charge in [0.15, 0.2) is 5.82 Å². The molecule has 1 N–H and O–H groups in total. The quantitative estimate of drug-likeness (QED) is 0.823. The summed E-state index contributed by atoms with van der Waals surface area (Å²) in [6.45, 7) is 1.02. The van der Waals surface area contributed by atoms with E-state index < -0.39 is 0 Å². The van der Waals surface area contributed by atoms with E-state index >= 15 is 0 Å². The van der Waals surface area contributed by atoms with E-state index in [0.29, 0.717) is 0 Å². The van der Waals surface area contributed by atoms with Crippen molar-refractivity contribution in [3.05, 3.63) is 24.7 Å². The van der Waals surface area contributed by atoms with Gasteiger partial charge in [0.1, 0.15) is 5.52 Å². The van der Waals surface area contributed by atoms with Crippen LogP contribution in [0.1, 0.15) is 19.3 Å². The zero-order chi connectivity index (χ0) is 10.1. The predicted octanol–water partition coefficient (Wildman–Crippen LogP) is 1.94. The summed E-state index contributed by atoms with van der Waals surface area (Å²) < 4.78 is 1.84. The van der Waals surface area contributed by atoms with Crippen molar-refractivity contribution < 1.29 is 0 Å². The van der Waals surface area contributed by atoms with Gasteiger partial charge in [-0.2, -0.15) is 5.10 Å². The van der Waals surface area contributed by atoms with Gasteiger partial charge in [-0.3, -0.25) is 0 Å². The Morgan fingerprint density at radius 1 is 1.40 bits per heavy atom. The summed E-state index contributed by atoms with van der Waals surface area (Å²) in [5, 5.41) is 7.54. The highest BCUT2D eigenvalue weighted by atomic mass is 15.2. The van der Waals surface area contributed by atoms with Gasteiger partial charge in [0.2, 0.25) is 0 Å². The third-order valence-electron chi connectivity index (χ3n) is 2.87. The van der Waals surface area contributed by atoms with E-state index in [1.165, 1.54) is 19.3 Å². The molecule has 3 rings (SSSR count). The molecule has 0 spiro atoms. The molecule has 0 radical (unpaired) electrons. The van der Waals surface area contributed by atoms with Crippen LogP contribution in [0, 0.1) is 5.92 Å². The lowest BCUT2D eigenvalue weighted by Gasteiger charge is -2.05. The number of rotatable bonds is 4. The molecule has 78 valence electrons. The first-order chi connectivity index (χ1) is 7.43. The van der Waals surface area contributed by atoms with Crippen LogP contribution in [-0.4, -0.2) is 21.1 Å². The Bertz CT molecular complexity index is 458. The van der Waals surface area contributed by atoms with E-state index in [2.05, 4.69) is 15.4 Å². The maximum Gasteiger partial charge on any atom is 0.152 e. The second-order valence-electron chi connectivity index (χ2n) is 4.10. The number of aromatic nitrogens is 3. The summed E-state index contributed by atoms with van der Waals surface area (Å²) in [4.78, 5) is 4.32. The Morgan fingerprint density at radius 2 is 2.33 bits per heavy atom. The molecule has 0 atom stereocenters. The molecule has 1 aliphatic rings. The Hall–Kier alpha value is -1.58. The van der Waals surface area contributed by atoms with Gasteiger partial charge >= 0.3 is 0 Å². The van der Waals surface area contributed by atoms with Crippen molar-refractivity contribution in [2.45, 2.75) is 19.3 Å². The minimum absolute atomic E-state index is 0.940. The van der Waals surface area contributed by atoms with E-state index in [0.717, 1.165) is 23.8 Å². The van der Waals surface area contributed by atoms with Crippen LogP contribution in [0.15, 0.2) is 24.7 Å². The van der Waals surface area contributed by atoms with Crippen molar-refractivity contribution in [1.29, 1.82) is 0 Å². The zero-order valence-corrected chi connectivity index (χ0v) is 8.56. The lowest BCUT2D eigenvalue weighted by Crippen LogP contribution is -2.05. The third kappa shape index (κ3) is 1.79. The molecule has 15 heavy (non-hydrogen) atoms. The first kappa shape index (κ1) is 8.71. The number of nitrogens with one attached hydrogen (secondary N) is 1. The summed E-state index contributed by atoms with van der Waals surface area (Å²) in [5.74, 6) is 1.90. The van der Waals surface area contributed by atoms with Gasteiger partial charge in [0, 0.05) is 18.9 Å². The Labute approximate surface area is 88.3 Å². The molecule has 4 nitrogen and oxygen atoms in total. The molecular formula is C11H14N4. The minimum atomic E-state index is 0.940. The number of nitrogens with zero attached hydrogens (tertiary/aromatic N) is 3. The normalized spacial score (nSPS) is 15.7. The number of fused-ring (bicyclic) bond motifs is 1. The second kappa shape index (κ2) is 3.53. The molecule has 0 bridgehead atoms. The standard InChI is InChI=1S/C11H14N4/c1-2-9(1)3-5-12-11-10-4-6-14-15(10)8-7-13-11/h4,6-9H,1-3,5H2,(H,12,13). The van der Waals surface area contributed by atoms with Crippen molar-refractivity contribution >= 4 is 11.3 Å². The zero-order valence-electron chi connectivity index (χ0n) is 8.56. The van der Waals surface area contributed by atoms with Gasteiger partial charge in [-0.15, -0.1) is 0 Å². The SMILES string of the molecule is c1cn2nccc2c(NCCC2CC2)n1. The summed E-state index contributed by atoms with van der Waals surface area (Å²) in [6.07, 6.45) is 9.51. The van der Waals surface area contributed by atoms with Crippen molar-refractivity contribution in [2.75, 3.05) is 11.9 Å². The number of anilines is 1. The maximum absolute atomic E-state index is 4.32. The molecule has 1 fully saturated rings. The van der Waals surface area contributed by atoms with Crippen LogP contribution in [0.2, 0.25) is 0 Å². The van der Waals surface area contributed by atoms with E-state index in [1.54, 1.807) is 12.4 Å². The molecule has 2 aromatic rings. The number of hydrogen-bond donors (Lipinski definition) is 1. The third-order valence-corrected chi connectivity index (χ3v) is 2.87. The van der Waals surface area contributed by atoms with E-state index in [-0.39, 0.29) is 0 Å². The lowest BCUT2D eigenvalue weighted by atomic mass is 10.3. The highest BCUT2D eigenvalue weighted by Crippen LogP contribution is 2.32. The molecule has 0 aliphatic heterocycles. The van der Waals surface area contributed by atoms with Crippen LogP contribution >= 0.6 is 0 Å². The van der Waals surface area contributed by atoms with Crippen LogP contribution < -0.4 is 5.32 Å². The Morgan fingerprint density at radius 3 is 3.20 bits per heavy atom. The number of hydrogen-bond acceptors (Lipinski definition) is 3. The Balaban J connectivity index is 1.74. The first-order valence-electron chi connectivity index (χ1n) is 5.46. The summed E-state index contributed by atoms with van der Waals surface area (Å²) in [5.41, 5.74) is 1.05. The van der Waals surface area contributed by atoms with Crippen molar-refractivity contribution in [1.82, 2.24) is 14.6 Å². The molecule has 4 heteroatoms. The first-order valence-corrected chi connectivity index (χ1v) is 5.46. The molecule has 0 unspecified atom stereocenters. The Kier molecular flexibility index (Phi) is 2.05. The minimum Gasteiger partial charge on any atom is -0.368 e. The van der Waals surface area contributed by atoms with E-state index in [9.17, 15) is 0 Å². The fourth-order valence-corrected chi connectivity index (χ4v) is 1.80. The fraction of sp³-hybridized carbons (Fsp3) is 0.455. The molecule has 2 aromatic heterocycles. The fourth-order valence-electron chi connectivity index (χ4n) is 1.80. The van der Waals surface area contributed by atoms with Gasteiger partial charge < -0.3 is 5.32 Å². The van der Waals surface area contributed by atoms with Crippen molar-refractivity contribution in [2.24, 2.45) is 5.92 Å². The molecule has 1 saturated carbocycles. The monoisotopic (exact) mass is 202 g/mol. The average molecular weight is 202 g/mol.